The lowest BCUT2D eigenvalue weighted by molar-refractivity contribution is -0.142. The lowest BCUT2D eigenvalue weighted by atomic mass is 9.97. The molecule has 2 N–H and O–H groups in total. The van der Waals surface area contributed by atoms with E-state index in [4.69, 9.17) is 0 Å². The number of rotatable bonds is 5. The number of likely N-dealkylation sites (tertiary alicyclic amines) is 2. The first-order chi connectivity index (χ1) is 11.1. The van der Waals surface area contributed by atoms with Crippen LogP contribution in [0.1, 0.15) is 31.2 Å². The maximum absolute atomic E-state index is 12.4. The minimum atomic E-state index is -0.00462. The quantitative estimate of drug-likeness (QED) is 0.805. The lowest BCUT2D eigenvalue weighted by Crippen LogP contribution is -2.66. The summed E-state index contributed by atoms with van der Waals surface area (Å²) < 4.78 is 0. The number of nitrogens with zero attached hydrogens (tertiary/aromatic N) is 3. The maximum atomic E-state index is 12.4. The number of imidazole rings is 1. The summed E-state index contributed by atoms with van der Waals surface area (Å²) in [6.07, 6.45) is 3.91. The number of amides is 2. The number of carbonyl (C=O) groups excluding carboxylic acids is 2. The fourth-order valence-corrected chi connectivity index (χ4v) is 3.43. The van der Waals surface area contributed by atoms with Gasteiger partial charge in [0.25, 0.3) is 0 Å². The second kappa shape index (κ2) is 6.70. The Kier molecular flexibility index (Phi) is 4.66. The fourth-order valence-electron chi connectivity index (χ4n) is 3.43. The number of carbonyl (C=O) groups is 2. The van der Waals surface area contributed by atoms with E-state index in [1.165, 1.54) is 0 Å². The first-order valence-corrected chi connectivity index (χ1v) is 8.39. The molecule has 7 nitrogen and oxygen atoms in total. The van der Waals surface area contributed by atoms with Crippen molar-refractivity contribution in [3.63, 3.8) is 0 Å². The monoisotopic (exact) mass is 319 g/mol. The summed E-state index contributed by atoms with van der Waals surface area (Å²) in [4.78, 5) is 35.7. The molecule has 7 heteroatoms. The zero-order chi connectivity index (χ0) is 16.4. The van der Waals surface area contributed by atoms with Crippen LogP contribution in [0.25, 0.3) is 0 Å². The van der Waals surface area contributed by atoms with Gasteiger partial charge in [-0.2, -0.15) is 0 Å². The largest absolute Gasteiger partial charge is 0.350 e. The molecule has 1 atom stereocenters. The van der Waals surface area contributed by atoms with E-state index >= 15 is 0 Å². The number of aryl methyl sites for hydroxylation is 1. The van der Waals surface area contributed by atoms with Crippen LogP contribution in [-0.2, 0) is 16.0 Å². The van der Waals surface area contributed by atoms with Crippen LogP contribution in [-0.4, -0.2) is 69.8 Å². The number of hydrogen-bond acceptors (Lipinski definition) is 4. The number of likely N-dealkylation sites (N-methyl/N-ethyl adjacent to an activating group) is 1. The molecule has 2 aliphatic heterocycles. The second-order valence-electron chi connectivity index (χ2n) is 6.45. The van der Waals surface area contributed by atoms with Crippen LogP contribution >= 0.6 is 0 Å². The standard InChI is InChI=1S/C16H25N5O2/c1-3-20-6-4-5-14(16(20)23)21-8-12(9-21)19-15(22)7-13-11(2)17-10-18-13/h10,12,14H,3-9H2,1-2H3,(H,17,18)(H,19,22). The van der Waals surface area contributed by atoms with Gasteiger partial charge < -0.3 is 15.2 Å². The number of hydrogen-bond donors (Lipinski definition) is 2. The fraction of sp³-hybridized carbons (Fsp3) is 0.688. The summed E-state index contributed by atoms with van der Waals surface area (Å²) in [6.45, 7) is 7.12. The highest BCUT2D eigenvalue weighted by Gasteiger charge is 2.39. The Balaban J connectivity index is 1.45. The van der Waals surface area contributed by atoms with E-state index in [1.807, 2.05) is 18.7 Å². The topological polar surface area (TPSA) is 81.3 Å². The molecule has 3 rings (SSSR count). The van der Waals surface area contributed by atoms with Gasteiger partial charge in [0.15, 0.2) is 0 Å². The van der Waals surface area contributed by atoms with Gasteiger partial charge in [-0.1, -0.05) is 0 Å². The van der Waals surface area contributed by atoms with Crippen molar-refractivity contribution in [2.24, 2.45) is 0 Å². The van der Waals surface area contributed by atoms with E-state index in [9.17, 15) is 9.59 Å². The number of aromatic amines is 1. The molecular weight excluding hydrogens is 294 g/mol. The molecule has 2 amide bonds. The van der Waals surface area contributed by atoms with Crippen molar-refractivity contribution in [3.05, 3.63) is 17.7 Å². The van der Waals surface area contributed by atoms with Gasteiger partial charge in [-0.25, -0.2) is 4.98 Å². The van der Waals surface area contributed by atoms with Gasteiger partial charge >= 0.3 is 0 Å². The highest BCUT2D eigenvalue weighted by Crippen LogP contribution is 2.22. The minimum absolute atomic E-state index is 0.00462. The molecule has 0 radical (unpaired) electrons. The average molecular weight is 319 g/mol. The van der Waals surface area contributed by atoms with E-state index < -0.39 is 0 Å². The van der Waals surface area contributed by atoms with Crippen LogP contribution in [0.4, 0.5) is 0 Å². The van der Waals surface area contributed by atoms with Crippen molar-refractivity contribution in [3.8, 4) is 0 Å². The van der Waals surface area contributed by atoms with Crippen LogP contribution < -0.4 is 5.32 Å². The number of aromatic nitrogens is 2. The summed E-state index contributed by atoms with van der Waals surface area (Å²) in [7, 11) is 0. The van der Waals surface area contributed by atoms with Crippen molar-refractivity contribution in [2.75, 3.05) is 26.2 Å². The van der Waals surface area contributed by atoms with Crippen molar-refractivity contribution in [2.45, 2.75) is 45.2 Å². The average Bonchev–Trinajstić information content (AvgIpc) is 2.88. The Morgan fingerprint density at radius 2 is 2.26 bits per heavy atom. The molecule has 2 saturated heterocycles. The van der Waals surface area contributed by atoms with Crippen LogP contribution in [0.2, 0.25) is 0 Å². The molecule has 2 fully saturated rings. The van der Waals surface area contributed by atoms with Crippen LogP contribution in [0.15, 0.2) is 6.33 Å². The maximum Gasteiger partial charge on any atom is 0.239 e. The molecule has 1 aromatic heterocycles. The third kappa shape index (κ3) is 3.39. The minimum Gasteiger partial charge on any atom is -0.350 e. The summed E-state index contributed by atoms with van der Waals surface area (Å²) >= 11 is 0. The molecule has 0 saturated carbocycles. The second-order valence-corrected chi connectivity index (χ2v) is 6.45. The molecule has 0 spiro atoms. The van der Waals surface area contributed by atoms with E-state index in [2.05, 4.69) is 20.2 Å². The van der Waals surface area contributed by atoms with Gasteiger partial charge in [0.05, 0.1) is 30.5 Å². The summed E-state index contributed by atoms with van der Waals surface area (Å²) in [6, 6.07) is 0.150. The molecule has 1 unspecified atom stereocenters. The SMILES string of the molecule is CCN1CCCC(N2CC(NC(=O)Cc3nc[nH]c3C)C2)C1=O. The molecule has 3 heterocycles. The predicted molar refractivity (Wildman–Crippen MR) is 85.8 cm³/mol. The summed E-state index contributed by atoms with van der Waals surface area (Å²) in [5.74, 6) is 0.241. The van der Waals surface area contributed by atoms with Crippen molar-refractivity contribution in [1.82, 2.24) is 25.1 Å². The smallest absolute Gasteiger partial charge is 0.239 e. The molecule has 23 heavy (non-hydrogen) atoms. The van der Waals surface area contributed by atoms with Crippen LogP contribution in [0.3, 0.4) is 0 Å². The van der Waals surface area contributed by atoms with Gasteiger partial charge in [0, 0.05) is 31.9 Å². The molecule has 126 valence electrons. The van der Waals surface area contributed by atoms with Crippen LogP contribution in [0.5, 0.6) is 0 Å². The summed E-state index contributed by atoms with van der Waals surface area (Å²) in [5.41, 5.74) is 1.72. The first-order valence-electron chi connectivity index (χ1n) is 8.39. The van der Waals surface area contributed by atoms with Gasteiger partial charge in [-0.3, -0.25) is 14.5 Å². The van der Waals surface area contributed by atoms with Gasteiger partial charge in [-0.05, 0) is 26.7 Å². The molecule has 0 bridgehead atoms. The lowest BCUT2D eigenvalue weighted by Gasteiger charge is -2.46. The predicted octanol–water partition coefficient (Wildman–Crippen LogP) is 0.0719. The first kappa shape index (κ1) is 16.0. The highest BCUT2D eigenvalue weighted by molar-refractivity contribution is 5.83. The van der Waals surface area contributed by atoms with Crippen molar-refractivity contribution >= 4 is 11.8 Å². The van der Waals surface area contributed by atoms with Gasteiger partial charge in [0.2, 0.25) is 11.8 Å². The molecule has 0 aromatic carbocycles. The summed E-state index contributed by atoms with van der Waals surface area (Å²) in [5, 5.41) is 3.03. The molecular formula is C16H25N5O2. The number of piperidine rings is 1. The zero-order valence-electron chi connectivity index (χ0n) is 13.8. The van der Waals surface area contributed by atoms with Gasteiger partial charge in [0.1, 0.15) is 0 Å². The van der Waals surface area contributed by atoms with E-state index in [1.54, 1.807) is 6.33 Å². The van der Waals surface area contributed by atoms with Crippen LogP contribution in [0, 0.1) is 6.92 Å². The normalized spacial score (nSPS) is 23.0. The van der Waals surface area contributed by atoms with Crippen molar-refractivity contribution in [1.29, 1.82) is 0 Å². The Hall–Kier alpha value is -1.89. The Labute approximate surface area is 136 Å². The third-order valence-electron chi connectivity index (χ3n) is 4.86. The van der Waals surface area contributed by atoms with Gasteiger partial charge in [-0.15, -0.1) is 0 Å². The third-order valence-corrected chi connectivity index (χ3v) is 4.86. The molecule has 0 aliphatic carbocycles. The zero-order valence-corrected chi connectivity index (χ0v) is 13.8. The van der Waals surface area contributed by atoms with E-state index in [-0.39, 0.29) is 23.9 Å². The van der Waals surface area contributed by atoms with Crippen molar-refractivity contribution < 1.29 is 9.59 Å². The highest BCUT2D eigenvalue weighted by atomic mass is 16.2. The Morgan fingerprint density at radius 1 is 1.48 bits per heavy atom. The van der Waals surface area contributed by atoms with E-state index in [0.29, 0.717) is 6.42 Å². The number of nitrogens with one attached hydrogen (secondary N) is 2. The molecule has 1 aromatic rings. The Bertz CT molecular complexity index is 579. The Morgan fingerprint density at radius 3 is 2.91 bits per heavy atom. The number of H-pyrrole nitrogens is 1. The molecule has 2 aliphatic rings. The van der Waals surface area contributed by atoms with E-state index in [0.717, 1.165) is 50.4 Å².